The van der Waals surface area contributed by atoms with Gasteiger partial charge in [0.1, 0.15) is 0 Å². The number of halogens is 4. The Hall–Kier alpha value is -0.780. The van der Waals surface area contributed by atoms with Crippen LogP contribution in [0.2, 0.25) is 0 Å². The molecule has 1 heterocycles. The van der Waals surface area contributed by atoms with Crippen molar-refractivity contribution in [3.8, 4) is 0 Å². The second-order valence-electron chi connectivity index (χ2n) is 6.72. The molecule has 1 unspecified atom stereocenters. The Kier molecular flexibility index (Phi) is 9.98. The molecule has 1 saturated heterocycles. The maximum atomic E-state index is 12.4. The highest BCUT2D eigenvalue weighted by molar-refractivity contribution is 14.0. The molecule has 0 radical (unpaired) electrons. The van der Waals surface area contributed by atoms with Gasteiger partial charge in [-0.1, -0.05) is 0 Å². The van der Waals surface area contributed by atoms with Crippen molar-refractivity contribution in [2.75, 3.05) is 45.8 Å². The summed E-state index contributed by atoms with van der Waals surface area (Å²) in [5.41, 5.74) is 0. The summed E-state index contributed by atoms with van der Waals surface area (Å²) in [6, 6.07) is 0. The fraction of sp³-hybridized carbons (Fsp3) is 0.875. The van der Waals surface area contributed by atoms with Crippen molar-refractivity contribution < 1.29 is 18.0 Å². The first kappa shape index (κ1) is 23.3. The van der Waals surface area contributed by atoms with Gasteiger partial charge in [0.25, 0.3) is 0 Å². The minimum atomic E-state index is -4.14. The van der Waals surface area contributed by atoms with E-state index in [4.69, 9.17) is 0 Å². The summed E-state index contributed by atoms with van der Waals surface area (Å²) >= 11 is 0. The van der Waals surface area contributed by atoms with Crippen LogP contribution >= 0.6 is 24.0 Å². The Balaban J connectivity index is 0.00000338. The fourth-order valence-electron chi connectivity index (χ4n) is 2.88. The van der Waals surface area contributed by atoms with Crippen LogP contribution in [0.5, 0.6) is 0 Å². The second kappa shape index (κ2) is 11.2. The van der Waals surface area contributed by atoms with Gasteiger partial charge in [0.15, 0.2) is 5.96 Å². The molecule has 26 heavy (non-hydrogen) atoms. The predicted octanol–water partition coefficient (Wildman–Crippen LogP) is 1.57. The number of guanidine groups is 1. The van der Waals surface area contributed by atoms with Crippen LogP contribution in [0.3, 0.4) is 0 Å². The second-order valence-corrected chi connectivity index (χ2v) is 6.72. The van der Waals surface area contributed by atoms with E-state index in [0.29, 0.717) is 45.2 Å². The zero-order valence-corrected chi connectivity index (χ0v) is 17.4. The van der Waals surface area contributed by atoms with Crippen LogP contribution in [0.4, 0.5) is 13.2 Å². The molecule has 2 fully saturated rings. The van der Waals surface area contributed by atoms with E-state index in [0.717, 1.165) is 19.3 Å². The maximum Gasteiger partial charge on any atom is 0.401 e. The number of nitrogens with one attached hydrogen (secondary N) is 3. The lowest BCUT2D eigenvalue weighted by Crippen LogP contribution is -2.42. The maximum absolute atomic E-state index is 12.4. The van der Waals surface area contributed by atoms with Gasteiger partial charge in [-0.25, -0.2) is 0 Å². The number of hydrogen-bond acceptors (Lipinski definition) is 3. The Morgan fingerprint density at radius 1 is 1.15 bits per heavy atom. The van der Waals surface area contributed by atoms with Crippen molar-refractivity contribution in [3.63, 3.8) is 0 Å². The van der Waals surface area contributed by atoms with Crippen LogP contribution < -0.4 is 16.0 Å². The molecule has 1 aliphatic heterocycles. The number of alkyl halides is 3. The number of hydrogen-bond donors (Lipinski definition) is 3. The molecule has 1 aliphatic carbocycles. The molecule has 1 atom stereocenters. The van der Waals surface area contributed by atoms with E-state index in [1.165, 1.54) is 4.90 Å². The third-order valence-corrected chi connectivity index (χ3v) is 4.29. The van der Waals surface area contributed by atoms with Crippen LogP contribution in [0.1, 0.15) is 26.2 Å². The Labute approximate surface area is 169 Å². The Morgan fingerprint density at radius 2 is 1.85 bits per heavy atom. The summed E-state index contributed by atoms with van der Waals surface area (Å²) in [5, 5.41) is 9.12. The van der Waals surface area contributed by atoms with Crippen molar-refractivity contribution in [1.29, 1.82) is 0 Å². The molecule has 0 aromatic heterocycles. The minimum absolute atomic E-state index is 0. The van der Waals surface area contributed by atoms with Gasteiger partial charge in [0, 0.05) is 38.6 Å². The van der Waals surface area contributed by atoms with E-state index < -0.39 is 12.7 Å². The molecule has 1 amide bonds. The van der Waals surface area contributed by atoms with Crippen molar-refractivity contribution in [1.82, 2.24) is 20.9 Å². The van der Waals surface area contributed by atoms with Crippen LogP contribution in [-0.2, 0) is 4.79 Å². The molecule has 0 aromatic rings. The number of rotatable bonds is 8. The van der Waals surface area contributed by atoms with E-state index in [9.17, 15) is 18.0 Å². The summed E-state index contributed by atoms with van der Waals surface area (Å²) < 4.78 is 37.2. The molecule has 2 aliphatic rings. The van der Waals surface area contributed by atoms with Crippen LogP contribution in [-0.4, -0.2) is 68.8 Å². The van der Waals surface area contributed by atoms with Crippen molar-refractivity contribution in [3.05, 3.63) is 0 Å². The first-order valence-corrected chi connectivity index (χ1v) is 8.96. The molecule has 3 N–H and O–H groups in total. The first-order valence-electron chi connectivity index (χ1n) is 8.96. The van der Waals surface area contributed by atoms with E-state index in [2.05, 4.69) is 20.9 Å². The molecule has 6 nitrogen and oxygen atoms in total. The largest absolute Gasteiger partial charge is 0.401 e. The fourth-order valence-corrected chi connectivity index (χ4v) is 2.88. The van der Waals surface area contributed by atoms with Crippen LogP contribution in [0, 0.1) is 11.8 Å². The summed E-state index contributed by atoms with van der Waals surface area (Å²) in [4.78, 5) is 17.4. The lowest BCUT2D eigenvalue weighted by atomic mass is 10.1. The van der Waals surface area contributed by atoms with Crippen LogP contribution in [0.25, 0.3) is 0 Å². The predicted molar refractivity (Wildman–Crippen MR) is 106 cm³/mol. The highest BCUT2D eigenvalue weighted by Gasteiger charge is 2.34. The molecule has 10 heteroatoms. The SMILES string of the molecule is CCNC(=NCC1CCN(CC(F)(F)F)C1)NCCNC(=O)C1CC1.I. The number of nitrogens with zero attached hydrogens (tertiary/aromatic N) is 2. The van der Waals surface area contributed by atoms with Gasteiger partial charge in [0.05, 0.1) is 6.54 Å². The molecule has 152 valence electrons. The van der Waals surface area contributed by atoms with Crippen molar-refractivity contribution in [2.24, 2.45) is 16.8 Å². The van der Waals surface area contributed by atoms with Gasteiger partial charge in [-0.15, -0.1) is 24.0 Å². The molecule has 1 saturated carbocycles. The monoisotopic (exact) mass is 491 g/mol. The van der Waals surface area contributed by atoms with E-state index in [1.54, 1.807) is 0 Å². The zero-order chi connectivity index (χ0) is 18.3. The molecule has 0 bridgehead atoms. The van der Waals surface area contributed by atoms with Crippen molar-refractivity contribution in [2.45, 2.75) is 32.4 Å². The molecule has 2 rings (SSSR count). The topological polar surface area (TPSA) is 68.8 Å². The summed E-state index contributed by atoms with van der Waals surface area (Å²) in [5.74, 6) is 1.09. The number of carbonyl (C=O) groups is 1. The Bertz CT molecular complexity index is 471. The third-order valence-electron chi connectivity index (χ3n) is 4.29. The summed E-state index contributed by atoms with van der Waals surface area (Å²) in [7, 11) is 0. The number of aliphatic imine (C=N–C) groups is 1. The standard InChI is InChI=1S/C16H28F3N5O.HI/c1-2-20-15(22-7-6-21-14(25)13-3-4-13)23-9-12-5-8-24(10-12)11-16(17,18)19;/h12-13H,2-11H2,1H3,(H,21,25)(H2,20,22,23);1H. The van der Waals surface area contributed by atoms with E-state index in [1.807, 2.05) is 6.92 Å². The average molecular weight is 491 g/mol. The first-order chi connectivity index (χ1) is 11.9. The molecule has 0 spiro atoms. The quantitative estimate of drug-likeness (QED) is 0.209. The van der Waals surface area contributed by atoms with E-state index >= 15 is 0 Å². The smallest absolute Gasteiger partial charge is 0.357 e. The molecular weight excluding hydrogens is 462 g/mol. The van der Waals surface area contributed by atoms with Crippen molar-refractivity contribution >= 4 is 35.8 Å². The third kappa shape index (κ3) is 9.24. The minimum Gasteiger partial charge on any atom is -0.357 e. The van der Waals surface area contributed by atoms with Gasteiger partial charge in [-0.05, 0) is 38.6 Å². The average Bonchev–Trinajstić information content (AvgIpc) is 3.29. The Morgan fingerprint density at radius 3 is 2.46 bits per heavy atom. The normalized spacial score (nSPS) is 21.2. The number of amides is 1. The lowest BCUT2D eigenvalue weighted by Gasteiger charge is -2.17. The van der Waals surface area contributed by atoms with E-state index in [-0.39, 0.29) is 41.7 Å². The molecular formula is C16H29F3IN5O. The van der Waals surface area contributed by atoms with Gasteiger partial charge < -0.3 is 16.0 Å². The highest BCUT2D eigenvalue weighted by atomic mass is 127. The van der Waals surface area contributed by atoms with Crippen LogP contribution in [0.15, 0.2) is 4.99 Å². The number of carbonyl (C=O) groups excluding carboxylic acids is 1. The van der Waals surface area contributed by atoms with Gasteiger partial charge >= 0.3 is 6.18 Å². The zero-order valence-electron chi connectivity index (χ0n) is 15.1. The molecule has 0 aromatic carbocycles. The summed E-state index contributed by atoms with van der Waals surface area (Å²) in [6.07, 6.45) is -1.44. The highest BCUT2D eigenvalue weighted by Crippen LogP contribution is 2.28. The van der Waals surface area contributed by atoms with Gasteiger partial charge in [0.2, 0.25) is 5.91 Å². The lowest BCUT2D eigenvalue weighted by molar-refractivity contribution is -0.143. The van der Waals surface area contributed by atoms with Gasteiger partial charge in [-0.2, -0.15) is 13.2 Å². The summed E-state index contributed by atoms with van der Waals surface area (Å²) in [6.45, 7) is 4.30. The number of likely N-dealkylation sites (tertiary alicyclic amines) is 1. The van der Waals surface area contributed by atoms with Gasteiger partial charge in [-0.3, -0.25) is 14.7 Å².